The Bertz CT molecular complexity index is 648. The Morgan fingerprint density at radius 2 is 1.95 bits per heavy atom. The first-order chi connectivity index (χ1) is 9.01. The van der Waals surface area contributed by atoms with Gasteiger partial charge in [-0.2, -0.15) is 0 Å². The normalized spacial score (nSPS) is 11.5. The topological polar surface area (TPSA) is 71.1 Å². The van der Waals surface area contributed by atoms with Crippen molar-refractivity contribution in [1.29, 1.82) is 0 Å². The molecular weight excluding hydrogens is 282 g/mol. The van der Waals surface area contributed by atoms with E-state index in [2.05, 4.69) is 15.0 Å². The van der Waals surface area contributed by atoms with Gasteiger partial charge >= 0.3 is 0 Å². The highest BCUT2D eigenvalue weighted by Gasteiger charge is 2.14. The summed E-state index contributed by atoms with van der Waals surface area (Å²) in [5.41, 5.74) is 1.77. The molecule has 0 aliphatic heterocycles. The highest BCUT2D eigenvalue weighted by atomic mass is 32.2. The largest absolute Gasteiger partial charge is 0.388 e. The lowest BCUT2D eigenvalue weighted by Gasteiger charge is -2.06. The molecule has 19 heavy (non-hydrogen) atoms. The molecule has 1 aromatic carbocycles. The summed E-state index contributed by atoms with van der Waals surface area (Å²) in [6.45, 7) is 2.10. The van der Waals surface area contributed by atoms with E-state index in [-0.39, 0.29) is 11.4 Å². The van der Waals surface area contributed by atoms with Crippen LogP contribution >= 0.6 is 11.3 Å². The summed E-state index contributed by atoms with van der Waals surface area (Å²) < 4.78 is 26.7. The molecule has 0 saturated heterocycles. The number of sulfonamides is 1. The summed E-state index contributed by atoms with van der Waals surface area (Å²) in [6, 6.07) is 6.59. The van der Waals surface area contributed by atoms with Crippen LogP contribution in [0.25, 0.3) is 0 Å². The van der Waals surface area contributed by atoms with Gasteiger partial charge in [0.05, 0.1) is 11.4 Å². The van der Waals surface area contributed by atoms with Crippen molar-refractivity contribution < 1.29 is 8.42 Å². The Balaban J connectivity index is 2.09. The molecule has 1 aromatic heterocycles. The first kappa shape index (κ1) is 14.0. The van der Waals surface area contributed by atoms with Gasteiger partial charge in [-0.05, 0) is 31.2 Å². The Morgan fingerprint density at radius 1 is 1.26 bits per heavy atom. The minimum Gasteiger partial charge on any atom is -0.388 e. The van der Waals surface area contributed by atoms with Gasteiger partial charge in [0, 0.05) is 23.8 Å². The molecule has 0 atom stereocenters. The van der Waals surface area contributed by atoms with Crippen molar-refractivity contribution in [2.24, 2.45) is 0 Å². The fourth-order valence-corrected chi connectivity index (χ4v) is 3.32. The lowest BCUT2D eigenvalue weighted by atomic mass is 10.3. The number of aryl methyl sites for hydroxylation is 1. The van der Waals surface area contributed by atoms with E-state index in [1.165, 1.54) is 11.3 Å². The van der Waals surface area contributed by atoms with Gasteiger partial charge in [-0.15, -0.1) is 11.3 Å². The van der Waals surface area contributed by atoms with Crippen molar-refractivity contribution in [1.82, 2.24) is 9.71 Å². The monoisotopic (exact) mass is 297 g/mol. The minimum absolute atomic E-state index is 0.217. The van der Waals surface area contributed by atoms with Gasteiger partial charge in [0.15, 0.2) is 0 Å². The summed E-state index contributed by atoms with van der Waals surface area (Å²) in [6.07, 6.45) is 0. The van der Waals surface area contributed by atoms with Crippen LogP contribution < -0.4 is 10.0 Å². The van der Waals surface area contributed by atoms with Gasteiger partial charge in [-0.3, -0.25) is 0 Å². The lowest BCUT2D eigenvalue weighted by molar-refractivity contribution is 0.581. The Hall–Kier alpha value is -1.44. The van der Waals surface area contributed by atoms with Crippen molar-refractivity contribution in [3.05, 3.63) is 40.3 Å². The molecule has 102 valence electrons. The number of anilines is 1. The molecule has 2 aromatic rings. The SMILES string of the molecule is CNc1ccc(S(=O)(=O)NCc2nc(C)cs2)cc1. The third-order valence-electron chi connectivity index (χ3n) is 2.53. The smallest absolute Gasteiger partial charge is 0.240 e. The van der Waals surface area contributed by atoms with E-state index < -0.39 is 10.0 Å². The first-order valence-corrected chi connectivity index (χ1v) is 8.06. The van der Waals surface area contributed by atoms with E-state index >= 15 is 0 Å². The van der Waals surface area contributed by atoms with Gasteiger partial charge in [-0.1, -0.05) is 0 Å². The number of rotatable bonds is 5. The second-order valence-electron chi connectivity index (χ2n) is 3.98. The average molecular weight is 297 g/mol. The fraction of sp³-hybridized carbons (Fsp3) is 0.250. The second kappa shape index (κ2) is 5.68. The Labute approximate surface area is 116 Å². The molecule has 0 saturated carbocycles. The minimum atomic E-state index is -3.49. The molecule has 0 spiro atoms. The molecule has 7 heteroatoms. The number of benzene rings is 1. The third kappa shape index (κ3) is 3.52. The van der Waals surface area contributed by atoms with Crippen LogP contribution in [0.2, 0.25) is 0 Å². The standard InChI is InChI=1S/C12H15N3O2S2/c1-9-8-18-12(15-9)7-14-19(16,17)11-5-3-10(13-2)4-6-11/h3-6,8,13-14H,7H2,1-2H3. The summed E-state index contributed by atoms with van der Waals surface area (Å²) in [4.78, 5) is 4.47. The molecule has 0 amide bonds. The summed E-state index contributed by atoms with van der Waals surface area (Å²) in [7, 11) is -1.70. The van der Waals surface area contributed by atoms with Crippen LogP contribution in [0.4, 0.5) is 5.69 Å². The number of nitrogens with one attached hydrogen (secondary N) is 2. The molecular formula is C12H15N3O2S2. The molecule has 0 radical (unpaired) electrons. The number of hydrogen-bond acceptors (Lipinski definition) is 5. The molecule has 5 nitrogen and oxygen atoms in total. The van der Waals surface area contributed by atoms with Crippen molar-refractivity contribution >= 4 is 27.0 Å². The molecule has 1 heterocycles. The molecule has 0 fully saturated rings. The lowest BCUT2D eigenvalue weighted by Crippen LogP contribution is -2.23. The highest BCUT2D eigenvalue weighted by molar-refractivity contribution is 7.89. The van der Waals surface area contributed by atoms with Crippen molar-refractivity contribution in [3.8, 4) is 0 Å². The Kier molecular flexibility index (Phi) is 4.18. The molecule has 0 bridgehead atoms. The number of thiazole rings is 1. The third-order valence-corrected chi connectivity index (χ3v) is 4.92. The van der Waals surface area contributed by atoms with Gasteiger partial charge < -0.3 is 5.32 Å². The Morgan fingerprint density at radius 3 is 2.47 bits per heavy atom. The second-order valence-corrected chi connectivity index (χ2v) is 6.69. The van der Waals surface area contributed by atoms with Crippen LogP contribution in [0.15, 0.2) is 34.5 Å². The summed E-state index contributed by atoms with van der Waals surface area (Å²) >= 11 is 1.44. The zero-order valence-corrected chi connectivity index (χ0v) is 12.3. The number of hydrogen-bond donors (Lipinski definition) is 2. The maximum Gasteiger partial charge on any atom is 0.240 e. The van der Waals surface area contributed by atoms with Crippen molar-refractivity contribution in [3.63, 3.8) is 0 Å². The zero-order valence-electron chi connectivity index (χ0n) is 10.7. The maximum absolute atomic E-state index is 12.1. The molecule has 0 aliphatic carbocycles. The van der Waals surface area contributed by atoms with Crippen LogP contribution in [0.5, 0.6) is 0 Å². The number of aromatic nitrogens is 1. The molecule has 2 rings (SSSR count). The van der Waals surface area contributed by atoms with Gasteiger partial charge in [-0.25, -0.2) is 18.1 Å². The highest BCUT2D eigenvalue weighted by Crippen LogP contribution is 2.14. The predicted octanol–water partition coefficient (Wildman–Crippen LogP) is 1.97. The van der Waals surface area contributed by atoms with Crippen LogP contribution in [0, 0.1) is 6.92 Å². The van der Waals surface area contributed by atoms with E-state index in [0.29, 0.717) is 0 Å². The van der Waals surface area contributed by atoms with Gasteiger partial charge in [0.25, 0.3) is 0 Å². The quantitative estimate of drug-likeness (QED) is 0.885. The van der Waals surface area contributed by atoms with Crippen molar-refractivity contribution in [2.45, 2.75) is 18.4 Å². The molecule has 2 N–H and O–H groups in total. The van der Waals surface area contributed by atoms with Gasteiger partial charge in [0.2, 0.25) is 10.0 Å². The van der Waals surface area contributed by atoms with Crippen LogP contribution in [0.1, 0.15) is 10.7 Å². The fourth-order valence-electron chi connectivity index (χ4n) is 1.52. The van der Waals surface area contributed by atoms with E-state index in [0.717, 1.165) is 16.4 Å². The maximum atomic E-state index is 12.1. The predicted molar refractivity (Wildman–Crippen MR) is 76.9 cm³/mol. The van der Waals surface area contributed by atoms with E-state index in [1.807, 2.05) is 12.3 Å². The van der Waals surface area contributed by atoms with Crippen LogP contribution in [0.3, 0.4) is 0 Å². The first-order valence-electron chi connectivity index (χ1n) is 5.70. The van der Waals surface area contributed by atoms with Crippen LogP contribution in [-0.2, 0) is 16.6 Å². The average Bonchev–Trinajstić information content (AvgIpc) is 2.82. The van der Waals surface area contributed by atoms with Gasteiger partial charge in [0.1, 0.15) is 5.01 Å². The van der Waals surface area contributed by atoms with Crippen molar-refractivity contribution in [2.75, 3.05) is 12.4 Å². The number of nitrogens with zero attached hydrogens (tertiary/aromatic N) is 1. The zero-order chi connectivity index (χ0) is 13.9. The van der Waals surface area contributed by atoms with E-state index in [1.54, 1.807) is 31.3 Å². The summed E-state index contributed by atoms with van der Waals surface area (Å²) in [5, 5.41) is 5.59. The van der Waals surface area contributed by atoms with E-state index in [4.69, 9.17) is 0 Å². The van der Waals surface area contributed by atoms with E-state index in [9.17, 15) is 8.42 Å². The molecule has 0 unspecified atom stereocenters. The van der Waals surface area contributed by atoms with Crippen LogP contribution in [-0.4, -0.2) is 20.4 Å². The molecule has 0 aliphatic rings. The summed E-state index contributed by atoms with van der Waals surface area (Å²) in [5.74, 6) is 0.